The summed E-state index contributed by atoms with van der Waals surface area (Å²) in [5, 5.41) is 0. The lowest BCUT2D eigenvalue weighted by molar-refractivity contribution is 0.259. The zero-order valence-corrected chi connectivity index (χ0v) is 14.0. The zero-order valence-electron chi connectivity index (χ0n) is 14.0. The van der Waals surface area contributed by atoms with E-state index in [2.05, 4.69) is 24.0 Å². The van der Waals surface area contributed by atoms with Crippen molar-refractivity contribution in [2.24, 2.45) is 17.6 Å². The second kappa shape index (κ2) is 6.47. The van der Waals surface area contributed by atoms with E-state index in [4.69, 9.17) is 15.2 Å². The number of methoxy groups -OCH3 is 2. The summed E-state index contributed by atoms with van der Waals surface area (Å²) >= 11 is 0. The van der Waals surface area contributed by atoms with Crippen molar-refractivity contribution in [3.63, 3.8) is 0 Å². The Morgan fingerprint density at radius 3 is 2.55 bits per heavy atom. The average Bonchev–Trinajstić information content (AvgIpc) is 2.93. The highest BCUT2D eigenvalue weighted by atomic mass is 16.5. The summed E-state index contributed by atoms with van der Waals surface area (Å²) in [7, 11) is 3.38. The SMILES string of the molecule is COc1cc(C)c(CN2CC3CCCC(N)C3C2)cc1OC. The number of hydrogen-bond donors (Lipinski definition) is 1. The van der Waals surface area contributed by atoms with E-state index in [9.17, 15) is 0 Å². The largest absolute Gasteiger partial charge is 0.493 e. The lowest BCUT2D eigenvalue weighted by atomic mass is 9.78. The molecule has 1 saturated carbocycles. The van der Waals surface area contributed by atoms with Crippen LogP contribution in [0.2, 0.25) is 0 Å². The molecule has 1 aromatic rings. The molecule has 122 valence electrons. The number of hydrogen-bond acceptors (Lipinski definition) is 4. The first-order chi connectivity index (χ1) is 10.6. The molecule has 1 aromatic carbocycles. The smallest absolute Gasteiger partial charge is 0.161 e. The molecule has 1 saturated heterocycles. The molecule has 4 nitrogen and oxygen atoms in total. The molecule has 1 aliphatic heterocycles. The monoisotopic (exact) mass is 304 g/mol. The Hall–Kier alpha value is -1.26. The molecule has 4 heteroatoms. The predicted molar refractivity (Wildman–Crippen MR) is 88.4 cm³/mol. The third-order valence-electron chi connectivity index (χ3n) is 5.47. The van der Waals surface area contributed by atoms with Gasteiger partial charge in [0, 0.05) is 25.7 Å². The summed E-state index contributed by atoms with van der Waals surface area (Å²) in [4.78, 5) is 2.56. The fourth-order valence-electron chi connectivity index (χ4n) is 4.17. The molecule has 2 fully saturated rings. The number of fused-ring (bicyclic) bond motifs is 1. The van der Waals surface area contributed by atoms with Crippen molar-refractivity contribution in [3.8, 4) is 11.5 Å². The maximum atomic E-state index is 6.33. The van der Waals surface area contributed by atoms with E-state index in [-0.39, 0.29) is 0 Å². The predicted octanol–water partition coefficient (Wildman–Crippen LogP) is 2.57. The summed E-state index contributed by atoms with van der Waals surface area (Å²) in [6.45, 7) is 5.45. The van der Waals surface area contributed by atoms with Gasteiger partial charge in [0.25, 0.3) is 0 Å². The van der Waals surface area contributed by atoms with Gasteiger partial charge in [0.2, 0.25) is 0 Å². The molecule has 0 spiro atoms. The summed E-state index contributed by atoms with van der Waals surface area (Å²) in [6.07, 6.45) is 3.84. The van der Waals surface area contributed by atoms with Gasteiger partial charge in [-0.05, 0) is 54.9 Å². The summed E-state index contributed by atoms with van der Waals surface area (Å²) in [5.74, 6) is 3.11. The van der Waals surface area contributed by atoms with E-state index in [1.54, 1.807) is 14.2 Å². The standard InChI is InChI=1S/C18H28N2O2/c1-12-7-17(21-2)18(22-3)8-14(12)10-20-9-13-5-4-6-16(19)15(13)11-20/h7-8,13,15-16H,4-6,9-11,19H2,1-3H3. The summed E-state index contributed by atoms with van der Waals surface area (Å²) in [5.41, 5.74) is 8.91. The van der Waals surface area contributed by atoms with Crippen LogP contribution in [-0.4, -0.2) is 38.3 Å². The maximum absolute atomic E-state index is 6.33. The molecule has 0 radical (unpaired) electrons. The minimum atomic E-state index is 0.398. The van der Waals surface area contributed by atoms with Crippen LogP contribution in [0.25, 0.3) is 0 Å². The van der Waals surface area contributed by atoms with Crippen LogP contribution in [0.15, 0.2) is 12.1 Å². The molecule has 0 aromatic heterocycles. The lowest BCUT2D eigenvalue weighted by Crippen LogP contribution is -2.38. The highest BCUT2D eigenvalue weighted by Gasteiger charge is 2.38. The third kappa shape index (κ3) is 2.95. The van der Waals surface area contributed by atoms with Crippen LogP contribution in [0, 0.1) is 18.8 Å². The Bertz CT molecular complexity index is 532. The van der Waals surface area contributed by atoms with Crippen LogP contribution in [0.1, 0.15) is 30.4 Å². The van der Waals surface area contributed by atoms with E-state index in [1.165, 1.54) is 36.9 Å². The van der Waals surface area contributed by atoms with E-state index in [0.717, 1.165) is 30.5 Å². The van der Waals surface area contributed by atoms with Crippen molar-refractivity contribution in [1.29, 1.82) is 0 Å². The van der Waals surface area contributed by atoms with Crippen LogP contribution >= 0.6 is 0 Å². The number of rotatable bonds is 4. The average molecular weight is 304 g/mol. The minimum Gasteiger partial charge on any atom is -0.493 e. The molecular formula is C18H28N2O2. The van der Waals surface area contributed by atoms with Crippen LogP contribution in [0.3, 0.4) is 0 Å². The molecular weight excluding hydrogens is 276 g/mol. The van der Waals surface area contributed by atoms with Crippen LogP contribution in [0.4, 0.5) is 0 Å². The quantitative estimate of drug-likeness (QED) is 0.929. The van der Waals surface area contributed by atoms with Gasteiger partial charge < -0.3 is 15.2 Å². The van der Waals surface area contributed by atoms with Gasteiger partial charge in [-0.1, -0.05) is 6.42 Å². The fourth-order valence-corrected chi connectivity index (χ4v) is 4.17. The van der Waals surface area contributed by atoms with Gasteiger partial charge in [-0.2, -0.15) is 0 Å². The molecule has 2 N–H and O–H groups in total. The van der Waals surface area contributed by atoms with Gasteiger partial charge in [-0.25, -0.2) is 0 Å². The zero-order chi connectivity index (χ0) is 15.7. The Morgan fingerprint density at radius 1 is 1.14 bits per heavy atom. The van der Waals surface area contributed by atoms with E-state index in [0.29, 0.717) is 12.0 Å². The number of likely N-dealkylation sites (tertiary alicyclic amines) is 1. The number of ether oxygens (including phenoxy) is 2. The van der Waals surface area contributed by atoms with Crippen molar-refractivity contribution >= 4 is 0 Å². The second-order valence-corrected chi connectivity index (χ2v) is 6.85. The molecule has 22 heavy (non-hydrogen) atoms. The molecule has 0 bridgehead atoms. The number of nitrogens with two attached hydrogens (primary N) is 1. The van der Waals surface area contributed by atoms with Crippen molar-refractivity contribution in [2.75, 3.05) is 27.3 Å². The molecule has 2 aliphatic rings. The van der Waals surface area contributed by atoms with Crippen LogP contribution < -0.4 is 15.2 Å². The topological polar surface area (TPSA) is 47.7 Å². The van der Waals surface area contributed by atoms with E-state index in [1.807, 2.05) is 0 Å². The first-order valence-electron chi connectivity index (χ1n) is 8.31. The van der Waals surface area contributed by atoms with Gasteiger partial charge in [0.15, 0.2) is 11.5 Å². The molecule has 1 heterocycles. The van der Waals surface area contributed by atoms with Gasteiger partial charge in [0.05, 0.1) is 14.2 Å². The fraction of sp³-hybridized carbons (Fsp3) is 0.667. The number of benzene rings is 1. The first kappa shape index (κ1) is 15.6. The highest BCUT2D eigenvalue weighted by Crippen LogP contribution is 2.37. The minimum absolute atomic E-state index is 0.398. The molecule has 3 unspecified atom stereocenters. The number of aryl methyl sites for hydroxylation is 1. The maximum Gasteiger partial charge on any atom is 0.161 e. The first-order valence-corrected chi connectivity index (χ1v) is 8.31. The Morgan fingerprint density at radius 2 is 1.86 bits per heavy atom. The van der Waals surface area contributed by atoms with Gasteiger partial charge in [-0.3, -0.25) is 4.90 Å². The van der Waals surface area contributed by atoms with Crippen molar-refractivity contribution in [1.82, 2.24) is 4.90 Å². The normalized spacial score (nSPS) is 28.5. The van der Waals surface area contributed by atoms with Crippen molar-refractivity contribution < 1.29 is 9.47 Å². The van der Waals surface area contributed by atoms with E-state index >= 15 is 0 Å². The molecule has 1 aliphatic carbocycles. The molecule has 3 rings (SSSR count). The third-order valence-corrected chi connectivity index (χ3v) is 5.47. The van der Waals surface area contributed by atoms with Crippen molar-refractivity contribution in [2.45, 2.75) is 38.8 Å². The Labute approximate surface area is 133 Å². The highest BCUT2D eigenvalue weighted by molar-refractivity contribution is 5.47. The van der Waals surface area contributed by atoms with Gasteiger partial charge in [-0.15, -0.1) is 0 Å². The van der Waals surface area contributed by atoms with Gasteiger partial charge in [0.1, 0.15) is 0 Å². The Kier molecular flexibility index (Phi) is 4.59. The summed E-state index contributed by atoms with van der Waals surface area (Å²) < 4.78 is 10.8. The molecule has 0 amide bonds. The summed E-state index contributed by atoms with van der Waals surface area (Å²) in [6, 6.07) is 4.59. The van der Waals surface area contributed by atoms with Crippen LogP contribution in [-0.2, 0) is 6.54 Å². The van der Waals surface area contributed by atoms with Gasteiger partial charge >= 0.3 is 0 Å². The second-order valence-electron chi connectivity index (χ2n) is 6.85. The van der Waals surface area contributed by atoms with Crippen LogP contribution in [0.5, 0.6) is 11.5 Å². The van der Waals surface area contributed by atoms with E-state index < -0.39 is 0 Å². The Balaban J connectivity index is 1.74. The lowest BCUT2D eigenvalue weighted by Gasteiger charge is -2.29. The molecule has 3 atom stereocenters. The van der Waals surface area contributed by atoms with Crippen molar-refractivity contribution in [3.05, 3.63) is 23.3 Å². The number of nitrogens with zero attached hydrogens (tertiary/aromatic N) is 1.